The van der Waals surface area contributed by atoms with E-state index in [0.29, 0.717) is 0 Å². The van der Waals surface area contributed by atoms with Gasteiger partial charge in [0.05, 0.1) is 0 Å². The van der Waals surface area contributed by atoms with E-state index in [4.69, 9.17) is 0 Å². The molecule has 0 aromatic heterocycles. The predicted octanol–water partition coefficient (Wildman–Crippen LogP) is 2.66. The fraction of sp³-hybridized carbons (Fsp3) is 0.400. The fourth-order valence-corrected chi connectivity index (χ4v) is 1.67. The van der Waals surface area contributed by atoms with Crippen LogP contribution in [0.5, 0.6) is 0 Å². The van der Waals surface area contributed by atoms with Crippen LogP contribution in [0.25, 0.3) is 0 Å². The Morgan fingerprint density at radius 3 is 2.58 bits per heavy atom. The second kappa shape index (κ2) is 4.23. The van der Waals surface area contributed by atoms with E-state index in [0.717, 1.165) is 6.54 Å². The van der Waals surface area contributed by atoms with Crippen LogP contribution in [-0.2, 0) is 6.54 Å². The summed E-state index contributed by atoms with van der Waals surface area (Å²) in [6, 6.07) is 6.58. The van der Waals surface area contributed by atoms with E-state index >= 15 is 0 Å². The molecule has 1 aromatic carbocycles. The lowest BCUT2D eigenvalue weighted by molar-refractivity contribution is 0.401. The first kappa shape index (κ1) is 9.99. The second-order valence-electron chi connectivity index (χ2n) is 3.33. The third kappa shape index (κ3) is 2.75. The summed E-state index contributed by atoms with van der Waals surface area (Å²) in [7, 11) is 4.19. The van der Waals surface area contributed by atoms with Crippen molar-refractivity contribution in [3.05, 3.63) is 32.9 Å². The maximum Gasteiger partial charge on any atom is 0.0238 e. The van der Waals surface area contributed by atoms with Crippen molar-refractivity contribution in [2.45, 2.75) is 13.5 Å². The minimum Gasteiger partial charge on any atom is -0.305 e. The maximum atomic E-state index is 2.38. The molecule has 0 fully saturated rings. The van der Waals surface area contributed by atoms with E-state index in [9.17, 15) is 0 Å². The van der Waals surface area contributed by atoms with E-state index in [2.05, 4.69) is 66.7 Å². The summed E-state index contributed by atoms with van der Waals surface area (Å²) >= 11 is 2.38. The van der Waals surface area contributed by atoms with Gasteiger partial charge in [-0.1, -0.05) is 17.7 Å². The molecule has 1 nitrogen and oxygen atoms in total. The van der Waals surface area contributed by atoms with Gasteiger partial charge in [-0.3, -0.25) is 0 Å². The molecule has 0 atom stereocenters. The third-order valence-electron chi connectivity index (χ3n) is 1.69. The zero-order valence-electron chi connectivity index (χ0n) is 7.76. The van der Waals surface area contributed by atoms with Gasteiger partial charge in [0.25, 0.3) is 0 Å². The number of aryl methyl sites for hydroxylation is 1. The molecular formula is C10H14IN. The van der Waals surface area contributed by atoms with Crippen molar-refractivity contribution in [2.24, 2.45) is 0 Å². The molecule has 0 saturated carbocycles. The van der Waals surface area contributed by atoms with Crippen LogP contribution in [0.3, 0.4) is 0 Å². The molecule has 0 heterocycles. The van der Waals surface area contributed by atoms with E-state index in [1.807, 2.05) is 0 Å². The normalized spacial score (nSPS) is 10.8. The van der Waals surface area contributed by atoms with E-state index in [1.54, 1.807) is 0 Å². The van der Waals surface area contributed by atoms with Crippen molar-refractivity contribution >= 4 is 22.6 Å². The van der Waals surface area contributed by atoms with Crippen LogP contribution in [0.4, 0.5) is 0 Å². The highest BCUT2D eigenvalue weighted by atomic mass is 127. The van der Waals surface area contributed by atoms with Crippen molar-refractivity contribution in [2.75, 3.05) is 14.1 Å². The number of hydrogen-bond donors (Lipinski definition) is 0. The topological polar surface area (TPSA) is 3.24 Å². The highest BCUT2D eigenvalue weighted by Crippen LogP contribution is 2.15. The molecule has 0 aliphatic heterocycles. The molecular weight excluding hydrogens is 261 g/mol. The molecule has 66 valence electrons. The Kier molecular flexibility index (Phi) is 3.53. The standard InChI is InChI=1S/C10H14IN/c1-8-4-5-10(11)9(6-8)7-12(2)3/h4-6H,7H2,1-3H3. The van der Waals surface area contributed by atoms with E-state index < -0.39 is 0 Å². The molecule has 0 bridgehead atoms. The van der Waals surface area contributed by atoms with Gasteiger partial charge in [0.15, 0.2) is 0 Å². The van der Waals surface area contributed by atoms with Gasteiger partial charge in [-0.15, -0.1) is 0 Å². The molecule has 0 saturated heterocycles. The van der Waals surface area contributed by atoms with E-state index in [1.165, 1.54) is 14.7 Å². The van der Waals surface area contributed by atoms with Crippen molar-refractivity contribution in [3.63, 3.8) is 0 Å². The molecule has 0 unspecified atom stereocenters. The number of benzene rings is 1. The van der Waals surface area contributed by atoms with Crippen LogP contribution in [0.15, 0.2) is 18.2 Å². The van der Waals surface area contributed by atoms with Crippen molar-refractivity contribution in [1.29, 1.82) is 0 Å². The zero-order valence-corrected chi connectivity index (χ0v) is 9.92. The van der Waals surface area contributed by atoms with Gasteiger partial charge < -0.3 is 4.90 Å². The van der Waals surface area contributed by atoms with Gasteiger partial charge in [-0.2, -0.15) is 0 Å². The highest BCUT2D eigenvalue weighted by Gasteiger charge is 2.00. The Morgan fingerprint density at radius 2 is 2.00 bits per heavy atom. The SMILES string of the molecule is Cc1ccc(I)c(CN(C)C)c1. The quantitative estimate of drug-likeness (QED) is 0.750. The first-order valence-corrected chi connectivity index (χ1v) is 5.07. The summed E-state index contributed by atoms with van der Waals surface area (Å²) in [5.74, 6) is 0. The first-order chi connectivity index (χ1) is 5.59. The molecule has 12 heavy (non-hydrogen) atoms. The molecule has 0 spiro atoms. The Balaban J connectivity index is 2.90. The summed E-state index contributed by atoms with van der Waals surface area (Å²) in [6.45, 7) is 3.16. The smallest absolute Gasteiger partial charge is 0.0238 e. The molecule has 0 N–H and O–H groups in total. The van der Waals surface area contributed by atoms with Gasteiger partial charge in [-0.05, 0) is 55.2 Å². The lowest BCUT2D eigenvalue weighted by atomic mass is 10.1. The fourth-order valence-electron chi connectivity index (χ4n) is 1.17. The summed E-state index contributed by atoms with van der Waals surface area (Å²) in [6.07, 6.45) is 0. The Labute approximate surface area is 87.9 Å². The van der Waals surface area contributed by atoms with Gasteiger partial charge in [-0.25, -0.2) is 0 Å². The summed E-state index contributed by atoms with van der Waals surface area (Å²) in [5.41, 5.74) is 2.76. The van der Waals surface area contributed by atoms with Crippen LogP contribution in [-0.4, -0.2) is 19.0 Å². The minimum absolute atomic E-state index is 1.03. The van der Waals surface area contributed by atoms with E-state index in [-0.39, 0.29) is 0 Å². The third-order valence-corrected chi connectivity index (χ3v) is 2.74. The van der Waals surface area contributed by atoms with Crippen molar-refractivity contribution in [3.8, 4) is 0 Å². The van der Waals surface area contributed by atoms with Crippen LogP contribution in [0.1, 0.15) is 11.1 Å². The molecule has 0 aliphatic carbocycles. The predicted molar refractivity (Wildman–Crippen MR) is 61.3 cm³/mol. The molecule has 1 aromatic rings. The van der Waals surface area contributed by atoms with Gasteiger partial charge in [0.2, 0.25) is 0 Å². The molecule has 2 heteroatoms. The molecule has 1 rings (SSSR count). The lowest BCUT2D eigenvalue weighted by Crippen LogP contribution is -2.11. The second-order valence-corrected chi connectivity index (χ2v) is 4.49. The Bertz CT molecular complexity index is 269. The average Bonchev–Trinajstić information content (AvgIpc) is 1.96. The molecule has 0 radical (unpaired) electrons. The monoisotopic (exact) mass is 275 g/mol. The van der Waals surface area contributed by atoms with Crippen LogP contribution in [0, 0.1) is 10.5 Å². The van der Waals surface area contributed by atoms with Crippen LogP contribution in [0.2, 0.25) is 0 Å². The van der Waals surface area contributed by atoms with Gasteiger partial charge >= 0.3 is 0 Å². The van der Waals surface area contributed by atoms with Crippen LogP contribution < -0.4 is 0 Å². The number of hydrogen-bond acceptors (Lipinski definition) is 1. The van der Waals surface area contributed by atoms with Crippen molar-refractivity contribution in [1.82, 2.24) is 4.90 Å². The number of halogens is 1. The Hall–Kier alpha value is -0.0900. The minimum atomic E-state index is 1.03. The molecule has 0 aliphatic rings. The van der Waals surface area contributed by atoms with Crippen molar-refractivity contribution < 1.29 is 0 Å². The summed E-state index contributed by atoms with van der Waals surface area (Å²) in [5, 5.41) is 0. The summed E-state index contributed by atoms with van der Waals surface area (Å²) < 4.78 is 1.35. The maximum absolute atomic E-state index is 2.38. The highest BCUT2D eigenvalue weighted by molar-refractivity contribution is 14.1. The zero-order chi connectivity index (χ0) is 9.14. The number of nitrogens with zero attached hydrogens (tertiary/aromatic N) is 1. The molecule has 0 amide bonds. The van der Waals surface area contributed by atoms with Gasteiger partial charge in [0, 0.05) is 10.1 Å². The Morgan fingerprint density at radius 1 is 1.33 bits per heavy atom. The first-order valence-electron chi connectivity index (χ1n) is 3.99. The number of rotatable bonds is 2. The largest absolute Gasteiger partial charge is 0.305 e. The average molecular weight is 275 g/mol. The van der Waals surface area contributed by atoms with Crippen LogP contribution >= 0.6 is 22.6 Å². The lowest BCUT2D eigenvalue weighted by Gasteiger charge is -2.11. The van der Waals surface area contributed by atoms with Gasteiger partial charge in [0.1, 0.15) is 0 Å². The summed E-state index contributed by atoms with van der Waals surface area (Å²) in [4.78, 5) is 2.19.